The van der Waals surface area contributed by atoms with Gasteiger partial charge in [0.15, 0.2) is 0 Å². The number of carbonyl (C=O) groups excluding carboxylic acids is 1. The summed E-state index contributed by atoms with van der Waals surface area (Å²) in [5, 5.41) is 3.08. The van der Waals surface area contributed by atoms with Gasteiger partial charge in [0.2, 0.25) is 15.9 Å². The molecule has 0 aromatic heterocycles. The van der Waals surface area contributed by atoms with E-state index in [9.17, 15) is 13.2 Å². The van der Waals surface area contributed by atoms with Crippen LogP contribution in [0.2, 0.25) is 0 Å². The Balaban J connectivity index is 1.37. The Morgan fingerprint density at radius 2 is 1.59 bits per heavy atom. The third-order valence-electron chi connectivity index (χ3n) is 6.11. The molecule has 0 spiro atoms. The van der Waals surface area contributed by atoms with Gasteiger partial charge in [0.1, 0.15) is 5.75 Å². The van der Waals surface area contributed by atoms with Gasteiger partial charge >= 0.3 is 0 Å². The second kappa shape index (κ2) is 10.8. The first-order valence-corrected chi connectivity index (χ1v) is 13.1. The molecular weight excluding hydrogens is 448 g/mol. The summed E-state index contributed by atoms with van der Waals surface area (Å²) in [4.78, 5) is 13.2. The van der Waals surface area contributed by atoms with Crippen LogP contribution in [0.25, 0.3) is 0 Å². The van der Waals surface area contributed by atoms with E-state index in [0.29, 0.717) is 38.3 Å². The van der Waals surface area contributed by atoms with Crippen LogP contribution in [0.3, 0.4) is 0 Å². The molecule has 0 radical (unpaired) electrons. The Labute approximate surface area is 201 Å². The number of amides is 1. The van der Waals surface area contributed by atoms with E-state index in [2.05, 4.69) is 17.4 Å². The highest BCUT2D eigenvalue weighted by Gasteiger charge is 2.32. The van der Waals surface area contributed by atoms with Crippen LogP contribution in [0.4, 0.5) is 5.69 Å². The number of sulfonamides is 1. The first-order valence-electron chi connectivity index (χ1n) is 11.6. The number of hydrogen-bond donors (Lipinski definition) is 1. The quantitative estimate of drug-likeness (QED) is 0.509. The number of para-hydroxylation sites is 1. The number of ether oxygens (including phenoxy) is 1. The van der Waals surface area contributed by atoms with Gasteiger partial charge in [0.25, 0.3) is 0 Å². The standard InChI is InChI=1S/C27H30N2O4S/c1-2-33-24-12-14-25(15-13-24)34(31,32)29-18-16-22(17-19-29)27(30)28-26-11-7-6-10-23(26)20-21-8-4-3-5-9-21/h3-15,22H,2,16-20H2,1H3,(H,28,30). The topological polar surface area (TPSA) is 75.7 Å². The summed E-state index contributed by atoms with van der Waals surface area (Å²) >= 11 is 0. The normalized spacial score (nSPS) is 15.1. The van der Waals surface area contributed by atoms with Crippen LogP contribution in [-0.2, 0) is 21.2 Å². The highest BCUT2D eigenvalue weighted by molar-refractivity contribution is 7.89. The molecule has 0 saturated carbocycles. The Morgan fingerprint density at radius 3 is 2.26 bits per heavy atom. The molecule has 1 fully saturated rings. The third-order valence-corrected chi connectivity index (χ3v) is 8.02. The highest BCUT2D eigenvalue weighted by atomic mass is 32.2. The number of nitrogens with zero attached hydrogens (tertiary/aromatic N) is 1. The van der Waals surface area contributed by atoms with Gasteiger partial charge < -0.3 is 10.1 Å². The Hall–Kier alpha value is -3.16. The van der Waals surface area contributed by atoms with Crippen molar-refractivity contribution < 1.29 is 17.9 Å². The second-order valence-electron chi connectivity index (χ2n) is 8.39. The van der Waals surface area contributed by atoms with Crippen molar-refractivity contribution in [2.45, 2.75) is 31.1 Å². The summed E-state index contributed by atoms with van der Waals surface area (Å²) in [5.74, 6) is 0.361. The largest absolute Gasteiger partial charge is 0.494 e. The SMILES string of the molecule is CCOc1ccc(S(=O)(=O)N2CCC(C(=O)Nc3ccccc3Cc3ccccc3)CC2)cc1. The zero-order chi connectivity index (χ0) is 24.0. The fraction of sp³-hybridized carbons (Fsp3) is 0.296. The minimum atomic E-state index is -3.60. The van der Waals surface area contributed by atoms with Crippen molar-refractivity contribution in [2.24, 2.45) is 5.92 Å². The summed E-state index contributed by atoms with van der Waals surface area (Å²) in [5.41, 5.74) is 3.04. The van der Waals surface area contributed by atoms with Crippen LogP contribution >= 0.6 is 0 Å². The lowest BCUT2D eigenvalue weighted by Crippen LogP contribution is -2.41. The number of benzene rings is 3. The zero-order valence-electron chi connectivity index (χ0n) is 19.3. The summed E-state index contributed by atoms with van der Waals surface area (Å²) in [6.45, 7) is 3.05. The van der Waals surface area contributed by atoms with Gasteiger partial charge in [-0.25, -0.2) is 8.42 Å². The molecule has 4 rings (SSSR count). The van der Waals surface area contributed by atoms with Crippen LogP contribution in [0.5, 0.6) is 5.75 Å². The average Bonchev–Trinajstić information content (AvgIpc) is 2.86. The lowest BCUT2D eigenvalue weighted by Gasteiger charge is -2.30. The monoisotopic (exact) mass is 478 g/mol. The molecule has 0 unspecified atom stereocenters. The molecule has 1 saturated heterocycles. The van der Waals surface area contributed by atoms with E-state index in [-0.39, 0.29) is 16.7 Å². The lowest BCUT2D eigenvalue weighted by molar-refractivity contribution is -0.120. The molecule has 1 heterocycles. The van der Waals surface area contributed by atoms with E-state index in [1.165, 1.54) is 9.87 Å². The van der Waals surface area contributed by atoms with Gasteiger partial charge in [-0.05, 0) is 67.6 Å². The van der Waals surface area contributed by atoms with E-state index >= 15 is 0 Å². The van der Waals surface area contributed by atoms with Crippen molar-refractivity contribution >= 4 is 21.6 Å². The number of piperidine rings is 1. The first-order chi connectivity index (χ1) is 16.5. The van der Waals surface area contributed by atoms with Crippen molar-refractivity contribution in [3.05, 3.63) is 90.0 Å². The fourth-order valence-electron chi connectivity index (χ4n) is 4.23. The van der Waals surface area contributed by atoms with Crippen LogP contribution in [-0.4, -0.2) is 38.3 Å². The molecule has 1 aliphatic rings. The summed E-state index contributed by atoms with van der Waals surface area (Å²) in [7, 11) is -3.60. The molecule has 0 bridgehead atoms. The van der Waals surface area contributed by atoms with Crippen molar-refractivity contribution in [1.29, 1.82) is 0 Å². The Morgan fingerprint density at radius 1 is 0.941 bits per heavy atom. The number of hydrogen-bond acceptors (Lipinski definition) is 4. The molecule has 1 aliphatic heterocycles. The minimum Gasteiger partial charge on any atom is -0.494 e. The molecule has 3 aromatic carbocycles. The zero-order valence-corrected chi connectivity index (χ0v) is 20.1. The van der Waals surface area contributed by atoms with Gasteiger partial charge in [-0.2, -0.15) is 4.31 Å². The Kier molecular flexibility index (Phi) is 7.65. The van der Waals surface area contributed by atoms with Crippen molar-refractivity contribution in [2.75, 3.05) is 25.0 Å². The van der Waals surface area contributed by atoms with Gasteiger partial charge in [-0.1, -0.05) is 48.5 Å². The molecule has 3 aromatic rings. The minimum absolute atomic E-state index is 0.0568. The third kappa shape index (κ3) is 5.66. The van der Waals surface area contributed by atoms with E-state index in [1.54, 1.807) is 24.3 Å². The predicted octanol–water partition coefficient (Wildman–Crippen LogP) is 4.72. The Bertz CT molecular complexity index is 1200. The summed E-state index contributed by atoms with van der Waals surface area (Å²) in [6.07, 6.45) is 1.71. The summed E-state index contributed by atoms with van der Waals surface area (Å²) in [6, 6.07) is 24.4. The van der Waals surface area contributed by atoms with Gasteiger partial charge in [0, 0.05) is 24.7 Å². The first kappa shape index (κ1) is 24.0. The highest BCUT2D eigenvalue weighted by Crippen LogP contribution is 2.27. The lowest BCUT2D eigenvalue weighted by atomic mass is 9.96. The van der Waals surface area contributed by atoms with Crippen molar-refractivity contribution in [3.8, 4) is 5.75 Å². The maximum atomic E-state index is 13.0. The van der Waals surface area contributed by atoms with Crippen LogP contribution in [0.15, 0.2) is 83.8 Å². The van der Waals surface area contributed by atoms with Gasteiger partial charge in [-0.15, -0.1) is 0 Å². The molecule has 178 valence electrons. The molecule has 1 N–H and O–H groups in total. The van der Waals surface area contributed by atoms with Crippen LogP contribution in [0.1, 0.15) is 30.9 Å². The van der Waals surface area contributed by atoms with Crippen molar-refractivity contribution in [1.82, 2.24) is 4.31 Å². The number of anilines is 1. The maximum absolute atomic E-state index is 13.0. The number of nitrogens with one attached hydrogen (secondary N) is 1. The van der Waals surface area contributed by atoms with Crippen LogP contribution < -0.4 is 10.1 Å². The van der Waals surface area contributed by atoms with E-state index < -0.39 is 10.0 Å². The average molecular weight is 479 g/mol. The molecular formula is C27H30N2O4S. The molecule has 0 aliphatic carbocycles. The van der Waals surface area contributed by atoms with E-state index in [0.717, 1.165) is 17.7 Å². The molecule has 7 heteroatoms. The molecule has 1 amide bonds. The van der Waals surface area contributed by atoms with E-state index in [1.807, 2.05) is 49.4 Å². The molecule has 34 heavy (non-hydrogen) atoms. The van der Waals surface area contributed by atoms with Gasteiger partial charge in [0.05, 0.1) is 11.5 Å². The number of carbonyl (C=O) groups is 1. The summed E-state index contributed by atoms with van der Waals surface area (Å²) < 4.78 is 32.9. The molecule has 0 atom stereocenters. The second-order valence-corrected chi connectivity index (χ2v) is 10.3. The van der Waals surface area contributed by atoms with Crippen LogP contribution in [0, 0.1) is 5.92 Å². The van der Waals surface area contributed by atoms with Crippen molar-refractivity contribution in [3.63, 3.8) is 0 Å². The fourth-order valence-corrected chi connectivity index (χ4v) is 5.70. The maximum Gasteiger partial charge on any atom is 0.243 e. The van der Waals surface area contributed by atoms with Gasteiger partial charge in [-0.3, -0.25) is 4.79 Å². The smallest absolute Gasteiger partial charge is 0.243 e. The predicted molar refractivity (Wildman–Crippen MR) is 133 cm³/mol. The number of rotatable bonds is 8. The molecule has 6 nitrogen and oxygen atoms in total. The van der Waals surface area contributed by atoms with E-state index in [4.69, 9.17) is 4.74 Å².